The van der Waals surface area contributed by atoms with Crippen LogP contribution in [0.4, 0.5) is 0 Å². The molecule has 1 saturated heterocycles. The van der Waals surface area contributed by atoms with Gasteiger partial charge in [0.1, 0.15) is 0 Å². The van der Waals surface area contributed by atoms with Crippen molar-refractivity contribution < 1.29 is 9.47 Å². The second-order valence-corrected chi connectivity index (χ2v) is 8.79. The molecule has 0 spiro atoms. The minimum absolute atomic E-state index is 0.145. The van der Waals surface area contributed by atoms with Gasteiger partial charge in [0.05, 0.1) is 13.2 Å². The third-order valence-electron chi connectivity index (χ3n) is 7.95. The lowest BCUT2D eigenvalue weighted by molar-refractivity contribution is -0.101. The summed E-state index contributed by atoms with van der Waals surface area (Å²) in [6.45, 7) is 4.22. The van der Waals surface area contributed by atoms with Crippen molar-refractivity contribution in [2.75, 3.05) is 13.2 Å². The van der Waals surface area contributed by atoms with Crippen molar-refractivity contribution in [3.05, 3.63) is 0 Å². The third-order valence-corrected chi connectivity index (χ3v) is 9.55. The molecule has 0 radical (unpaired) electrons. The van der Waals surface area contributed by atoms with Crippen LogP contribution in [0.3, 0.4) is 0 Å². The standard InChI is InChI=1S/C15H19BrO2/c1-15-11-6-4-5-7(9(6)13(15)16)12(15)10(8(5)11)14-17-2-3-18-14/h5-14H,2-4H2,1H3/t5-,6+,7-,8+,9+,10-,11-,12-,13-,15-/m0/s1. The van der Waals surface area contributed by atoms with Crippen LogP contribution in [0.15, 0.2) is 0 Å². The second kappa shape index (κ2) is 2.73. The van der Waals surface area contributed by atoms with E-state index in [1.165, 1.54) is 6.42 Å². The molecule has 0 unspecified atom stereocenters. The van der Waals surface area contributed by atoms with E-state index < -0.39 is 0 Å². The molecule has 1 aliphatic heterocycles. The summed E-state index contributed by atoms with van der Waals surface area (Å²) in [5, 5.41) is 0. The molecule has 6 bridgehead atoms. The molecule has 0 aromatic heterocycles. The van der Waals surface area contributed by atoms with Crippen molar-refractivity contribution in [3.8, 4) is 0 Å². The Kier molecular flexibility index (Phi) is 1.54. The first-order valence-electron chi connectivity index (χ1n) is 7.62. The van der Waals surface area contributed by atoms with Gasteiger partial charge in [0.2, 0.25) is 0 Å². The molecule has 0 N–H and O–H groups in total. The van der Waals surface area contributed by atoms with Crippen molar-refractivity contribution in [1.82, 2.24) is 0 Å². The smallest absolute Gasteiger partial charge is 0.161 e. The van der Waals surface area contributed by atoms with Crippen LogP contribution in [-0.4, -0.2) is 24.3 Å². The molecular formula is C15H19BrO2. The summed E-state index contributed by atoms with van der Waals surface area (Å²) in [6.07, 6.45) is 1.68. The molecule has 10 atom stereocenters. The van der Waals surface area contributed by atoms with Crippen LogP contribution in [0, 0.1) is 52.8 Å². The van der Waals surface area contributed by atoms with Gasteiger partial charge in [-0.15, -0.1) is 0 Å². The van der Waals surface area contributed by atoms with Gasteiger partial charge in [-0.2, -0.15) is 0 Å². The summed E-state index contributed by atoms with van der Waals surface area (Å²) >= 11 is 4.10. The van der Waals surface area contributed by atoms with Crippen molar-refractivity contribution in [2.24, 2.45) is 52.8 Å². The van der Waals surface area contributed by atoms with E-state index in [1.54, 1.807) is 0 Å². The zero-order chi connectivity index (χ0) is 11.8. The lowest BCUT2D eigenvalue weighted by Gasteiger charge is -2.40. The maximum absolute atomic E-state index is 5.92. The summed E-state index contributed by atoms with van der Waals surface area (Å²) in [7, 11) is 0. The average molecular weight is 311 g/mol. The van der Waals surface area contributed by atoms with Crippen molar-refractivity contribution in [2.45, 2.75) is 24.5 Å². The Morgan fingerprint density at radius 3 is 2.39 bits per heavy atom. The van der Waals surface area contributed by atoms with E-state index in [4.69, 9.17) is 9.47 Å². The highest BCUT2D eigenvalue weighted by atomic mass is 79.9. The number of alkyl halides is 1. The van der Waals surface area contributed by atoms with Crippen LogP contribution >= 0.6 is 15.9 Å². The fourth-order valence-corrected chi connectivity index (χ4v) is 9.50. The fraction of sp³-hybridized carbons (Fsp3) is 1.00. The summed E-state index contributed by atoms with van der Waals surface area (Å²) in [6, 6.07) is 0. The van der Waals surface area contributed by atoms with Gasteiger partial charge >= 0.3 is 0 Å². The minimum Gasteiger partial charge on any atom is -0.350 e. The highest BCUT2D eigenvalue weighted by molar-refractivity contribution is 9.09. The Labute approximate surface area is 116 Å². The van der Waals surface area contributed by atoms with Crippen molar-refractivity contribution in [3.63, 3.8) is 0 Å². The van der Waals surface area contributed by atoms with Gasteiger partial charge in [0.25, 0.3) is 0 Å². The van der Waals surface area contributed by atoms with Crippen LogP contribution in [0.5, 0.6) is 0 Å². The van der Waals surface area contributed by atoms with Crippen LogP contribution in [0.25, 0.3) is 0 Å². The topological polar surface area (TPSA) is 18.5 Å². The highest BCUT2D eigenvalue weighted by Crippen LogP contribution is 2.89. The first-order chi connectivity index (χ1) is 8.74. The predicted octanol–water partition coefficient (Wildman–Crippen LogP) is 2.52. The molecule has 0 aromatic rings. The Morgan fingerprint density at radius 2 is 1.67 bits per heavy atom. The van der Waals surface area contributed by atoms with E-state index >= 15 is 0 Å². The molecule has 3 heteroatoms. The quantitative estimate of drug-likeness (QED) is 0.693. The largest absolute Gasteiger partial charge is 0.350 e. The zero-order valence-corrected chi connectivity index (χ0v) is 12.2. The molecule has 2 nitrogen and oxygen atoms in total. The van der Waals surface area contributed by atoms with Gasteiger partial charge in [-0.1, -0.05) is 22.9 Å². The Hall–Kier alpha value is 0.400. The minimum atomic E-state index is 0.145. The van der Waals surface area contributed by atoms with E-state index in [0.717, 1.165) is 65.4 Å². The molecule has 7 aliphatic rings. The highest BCUT2D eigenvalue weighted by Gasteiger charge is 2.87. The summed E-state index contributed by atoms with van der Waals surface area (Å²) < 4.78 is 11.8. The molecule has 98 valence electrons. The normalized spacial score (nSPS) is 74.7. The third kappa shape index (κ3) is 0.722. The number of hydrogen-bond acceptors (Lipinski definition) is 2. The van der Waals surface area contributed by atoms with E-state index in [2.05, 4.69) is 22.9 Å². The van der Waals surface area contributed by atoms with Gasteiger partial charge in [0.15, 0.2) is 6.29 Å². The Bertz CT molecular complexity index is 446. The number of hydrogen-bond donors (Lipinski definition) is 0. The monoisotopic (exact) mass is 310 g/mol. The zero-order valence-electron chi connectivity index (χ0n) is 10.6. The first kappa shape index (κ1) is 10.2. The fourth-order valence-electron chi connectivity index (χ4n) is 8.15. The molecule has 6 aliphatic carbocycles. The first-order valence-corrected chi connectivity index (χ1v) is 8.53. The van der Waals surface area contributed by atoms with Crippen LogP contribution in [-0.2, 0) is 9.47 Å². The molecular weight excluding hydrogens is 292 g/mol. The Balaban J connectivity index is 1.54. The average Bonchev–Trinajstić information content (AvgIpc) is 3.07. The van der Waals surface area contributed by atoms with Gasteiger partial charge in [0, 0.05) is 10.7 Å². The van der Waals surface area contributed by atoms with Crippen molar-refractivity contribution >= 4 is 15.9 Å². The van der Waals surface area contributed by atoms with Crippen LogP contribution in [0.2, 0.25) is 0 Å². The Morgan fingerprint density at radius 1 is 0.944 bits per heavy atom. The molecule has 7 rings (SSSR count). The molecule has 0 aromatic carbocycles. The summed E-state index contributed by atoms with van der Waals surface area (Å²) in [5.74, 6) is 7.64. The van der Waals surface area contributed by atoms with Gasteiger partial charge in [-0.25, -0.2) is 0 Å². The van der Waals surface area contributed by atoms with Gasteiger partial charge < -0.3 is 9.47 Å². The lowest BCUT2D eigenvalue weighted by atomic mass is 9.64. The van der Waals surface area contributed by atoms with Gasteiger partial charge in [-0.05, 0) is 53.3 Å². The number of rotatable bonds is 1. The van der Waals surface area contributed by atoms with Crippen molar-refractivity contribution in [1.29, 1.82) is 0 Å². The maximum Gasteiger partial charge on any atom is 0.161 e. The predicted molar refractivity (Wildman–Crippen MR) is 69.1 cm³/mol. The summed E-state index contributed by atoms with van der Waals surface area (Å²) in [4.78, 5) is 0.788. The van der Waals surface area contributed by atoms with Gasteiger partial charge in [-0.3, -0.25) is 0 Å². The van der Waals surface area contributed by atoms with E-state index in [1.807, 2.05) is 0 Å². The maximum atomic E-state index is 5.92. The van der Waals surface area contributed by atoms with Crippen LogP contribution in [0.1, 0.15) is 13.3 Å². The second-order valence-electron chi connectivity index (χ2n) is 7.80. The number of halogens is 1. The molecule has 7 fully saturated rings. The summed E-state index contributed by atoms with van der Waals surface area (Å²) in [5.41, 5.74) is 0.567. The van der Waals surface area contributed by atoms with E-state index in [9.17, 15) is 0 Å². The molecule has 0 amide bonds. The number of ether oxygens (including phenoxy) is 2. The van der Waals surface area contributed by atoms with E-state index in [0.29, 0.717) is 5.41 Å². The van der Waals surface area contributed by atoms with E-state index in [-0.39, 0.29) is 6.29 Å². The van der Waals surface area contributed by atoms with Crippen LogP contribution < -0.4 is 0 Å². The molecule has 1 heterocycles. The molecule has 18 heavy (non-hydrogen) atoms. The SMILES string of the molecule is C[C@]12[C@@H]3[C@@H](C4OCCO4)[C@H]4[C@H]5C[C@H]([C@H]([C@H]53)[C@@H]1Br)[C@@H]42. The lowest BCUT2D eigenvalue weighted by Crippen LogP contribution is -2.37. The molecule has 6 saturated carbocycles.